The number of aryl methyl sites for hydroxylation is 1. The van der Waals surface area contributed by atoms with E-state index in [2.05, 4.69) is 0 Å². The Hall–Kier alpha value is -1.10. The van der Waals surface area contributed by atoms with Crippen molar-refractivity contribution >= 4 is 0 Å². The summed E-state index contributed by atoms with van der Waals surface area (Å²) in [4.78, 5) is 0. The van der Waals surface area contributed by atoms with Gasteiger partial charge in [0.05, 0.1) is 25.9 Å². The van der Waals surface area contributed by atoms with Crippen LogP contribution in [0.15, 0.2) is 18.2 Å². The van der Waals surface area contributed by atoms with E-state index in [0.29, 0.717) is 32.2 Å². The largest absolute Gasteiger partial charge is 0.491 e. The van der Waals surface area contributed by atoms with Gasteiger partial charge in [0, 0.05) is 12.7 Å². The predicted octanol–water partition coefficient (Wildman–Crippen LogP) is 2.09. The number of benzene rings is 1. The molecule has 4 heteroatoms. The Kier molecular flexibility index (Phi) is 6.72. The summed E-state index contributed by atoms with van der Waals surface area (Å²) in [5.41, 5.74) is 1.92. The summed E-state index contributed by atoms with van der Waals surface area (Å²) >= 11 is 0. The van der Waals surface area contributed by atoms with Crippen LogP contribution < -0.4 is 4.74 Å². The average molecular weight is 254 g/mol. The lowest BCUT2D eigenvalue weighted by molar-refractivity contribution is 0.0538. The Labute approximate surface area is 108 Å². The third-order valence-corrected chi connectivity index (χ3v) is 2.53. The first-order chi connectivity index (χ1) is 8.65. The van der Waals surface area contributed by atoms with Crippen molar-refractivity contribution in [2.45, 2.75) is 20.0 Å². The predicted molar refractivity (Wildman–Crippen MR) is 70.0 cm³/mol. The molecule has 0 saturated heterocycles. The molecule has 1 aromatic rings. The second-order valence-electron chi connectivity index (χ2n) is 4.17. The normalized spacial score (nSPS) is 12.4. The average Bonchev–Trinajstić information content (AvgIpc) is 2.35. The Morgan fingerprint density at radius 2 is 1.89 bits per heavy atom. The molecule has 0 unspecified atom stereocenters. The van der Waals surface area contributed by atoms with Gasteiger partial charge >= 0.3 is 0 Å². The first-order valence-corrected chi connectivity index (χ1v) is 6.13. The van der Waals surface area contributed by atoms with Gasteiger partial charge in [-0.3, -0.25) is 0 Å². The number of hydrogen-bond donors (Lipinski definition) is 1. The SMILES string of the molecule is COCCOCCOc1ccc(C)cc1[C@@H](C)O. The summed E-state index contributed by atoms with van der Waals surface area (Å²) in [5, 5.41) is 9.67. The van der Waals surface area contributed by atoms with E-state index >= 15 is 0 Å². The van der Waals surface area contributed by atoms with Gasteiger partial charge in [-0.15, -0.1) is 0 Å². The van der Waals surface area contributed by atoms with Crippen LogP contribution in [-0.2, 0) is 9.47 Å². The summed E-state index contributed by atoms with van der Waals surface area (Å²) in [7, 11) is 1.64. The molecule has 0 aliphatic carbocycles. The monoisotopic (exact) mass is 254 g/mol. The van der Waals surface area contributed by atoms with E-state index in [9.17, 15) is 5.11 Å². The van der Waals surface area contributed by atoms with Crippen LogP contribution in [-0.4, -0.2) is 38.6 Å². The second kappa shape index (κ2) is 8.08. The molecule has 4 nitrogen and oxygen atoms in total. The first-order valence-electron chi connectivity index (χ1n) is 6.13. The maximum atomic E-state index is 9.67. The van der Waals surface area contributed by atoms with Crippen LogP contribution in [0.2, 0.25) is 0 Å². The number of aliphatic hydroxyl groups excluding tert-OH is 1. The Balaban J connectivity index is 2.42. The molecule has 0 spiro atoms. The molecule has 18 heavy (non-hydrogen) atoms. The highest BCUT2D eigenvalue weighted by molar-refractivity contribution is 5.38. The Morgan fingerprint density at radius 3 is 2.56 bits per heavy atom. The molecule has 0 amide bonds. The molecule has 0 aliphatic heterocycles. The van der Waals surface area contributed by atoms with Crippen LogP contribution in [0.5, 0.6) is 5.75 Å². The van der Waals surface area contributed by atoms with Crippen molar-refractivity contribution in [1.82, 2.24) is 0 Å². The molecule has 0 heterocycles. The van der Waals surface area contributed by atoms with E-state index in [1.165, 1.54) is 0 Å². The molecule has 1 aromatic carbocycles. The van der Waals surface area contributed by atoms with Crippen LogP contribution in [0.3, 0.4) is 0 Å². The molecule has 0 bridgehead atoms. The summed E-state index contributed by atoms with van der Waals surface area (Å²) in [5.74, 6) is 0.714. The Bertz CT molecular complexity index is 350. The van der Waals surface area contributed by atoms with E-state index < -0.39 is 6.10 Å². The maximum Gasteiger partial charge on any atom is 0.125 e. The quantitative estimate of drug-likeness (QED) is 0.722. The van der Waals surface area contributed by atoms with Gasteiger partial charge in [0.2, 0.25) is 0 Å². The summed E-state index contributed by atoms with van der Waals surface area (Å²) in [6.07, 6.45) is -0.533. The fourth-order valence-corrected chi connectivity index (χ4v) is 1.58. The minimum atomic E-state index is -0.533. The van der Waals surface area contributed by atoms with Gasteiger partial charge in [0.1, 0.15) is 12.4 Å². The molecule has 0 aliphatic rings. The van der Waals surface area contributed by atoms with Crippen molar-refractivity contribution in [3.8, 4) is 5.75 Å². The van der Waals surface area contributed by atoms with Gasteiger partial charge in [0.15, 0.2) is 0 Å². The molecule has 1 rings (SSSR count). The molecular formula is C14H22O4. The molecular weight excluding hydrogens is 232 g/mol. The molecule has 0 radical (unpaired) electrons. The van der Waals surface area contributed by atoms with Crippen LogP contribution >= 0.6 is 0 Å². The minimum absolute atomic E-state index is 0.465. The van der Waals surface area contributed by atoms with Crippen molar-refractivity contribution in [2.24, 2.45) is 0 Å². The van der Waals surface area contributed by atoms with E-state index in [1.807, 2.05) is 25.1 Å². The summed E-state index contributed by atoms with van der Waals surface area (Å²) in [6, 6.07) is 5.78. The standard InChI is InChI=1S/C14H22O4/c1-11-4-5-14(13(10-11)12(2)15)18-9-8-17-7-6-16-3/h4-5,10,12,15H,6-9H2,1-3H3/t12-/m1/s1. The van der Waals surface area contributed by atoms with E-state index in [1.54, 1.807) is 14.0 Å². The molecule has 0 fully saturated rings. The van der Waals surface area contributed by atoms with Gasteiger partial charge in [-0.05, 0) is 26.0 Å². The van der Waals surface area contributed by atoms with Crippen LogP contribution in [0.25, 0.3) is 0 Å². The fourth-order valence-electron chi connectivity index (χ4n) is 1.58. The van der Waals surface area contributed by atoms with Gasteiger partial charge in [-0.2, -0.15) is 0 Å². The van der Waals surface area contributed by atoms with Crippen molar-refractivity contribution < 1.29 is 19.3 Å². The summed E-state index contributed by atoms with van der Waals surface area (Å²) in [6.45, 7) is 5.85. The zero-order chi connectivity index (χ0) is 13.4. The van der Waals surface area contributed by atoms with Crippen molar-refractivity contribution in [2.75, 3.05) is 33.5 Å². The van der Waals surface area contributed by atoms with E-state index in [4.69, 9.17) is 14.2 Å². The molecule has 1 atom stereocenters. The van der Waals surface area contributed by atoms with Crippen LogP contribution in [0.1, 0.15) is 24.2 Å². The van der Waals surface area contributed by atoms with Gasteiger partial charge in [-0.25, -0.2) is 0 Å². The number of methoxy groups -OCH3 is 1. The molecule has 1 N–H and O–H groups in total. The van der Waals surface area contributed by atoms with Crippen molar-refractivity contribution in [1.29, 1.82) is 0 Å². The number of hydrogen-bond acceptors (Lipinski definition) is 4. The first kappa shape index (κ1) is 15.0. The van der Waals surface area contributed by atoms with Crippen molar-refractivity contribution in [3.63, 3.8) is 0 Å². The fraction of sp³-hybridized carbons (Fsp3) is 0.571. The lowest BCUT2D eigenvalue weighted by Gasteiger charge is -2.14. The third-order valence-electron chi connectivity index (χ3n) is 2.53. The van der Waals surface area contributed by atoms with Gasteiger partial charge < -0.3 is 19.3 Å². The molecule has 0 aromatic heterocycles. The smallest absolute Gasteiger partial charge is 0.125 e. The summed E-state index contributed by atoms with van der Waals surface area (Å²) < 4.78 is 15.8. The number of aliphatic hydroxyl groups is 1. The Morgan fingerprint density at radius 1 is 1.17 bits per heavy atom. The highest BCUT2D eigenvalue weighted by Crippen LogP contribution is 2.26. The zero-order valence-corrected chi connectivity index (χ0v) is 11.3. The van der Waals surface area contributed by atoms with E-state index in [0.717, 1.165) is 11.1 Å². The maximum absolute atomic E-state index is 9.67. The number of rotatable bonds is 8. The molecule has 0 saturated carbocycles. The third kappa shape index (κ3) is 5.04. The second-order valence-corrected chi connectivity index (χ2v) is 4.17. The van der Waals surface area contributed by atoms with Crippen molar-refractivity contribution in [3.05, 3.63) is 29.3 Å². The minimum Gasteiger partial charge on any atom is -0.491 e. The van der Waals surface area contributed by atoms with E-state index in [-0.39, 0.29) is 0 Å². The number of ether oxygens (including phenoxy) is 3. The highest BCUT2D eigenvalue weighted by Gasteiger charge is 2.09. The molecule has 102 valence electrons. The lowest BCUT2D eigenvalue weighted by atomic mass is 10.1. The van der Waals surface area contributed by atoms with Gasteiger partial charge in [-0.1, -0.05) is 11.6 Å². The topological polar surface area (TPSA) is 47.9 Å². The highest BCUT2D eigenvalue weighted by atomic mass is 16.5. The zero-order valence-electron chi connectivity index (χ0n) is 11.3. The lowest BCUT2D eigenvalue weighted by Crippen LogP contribution is -2.11. The van der Waals surface area contributed by atoms with Gasteiger partial charge in [0.25, 0.3) is 0 Å². The van der Waals surface area contributed by atoms with Crippen LogP contribution in [0, 0.1) is 6.92 Å². The van der Waals surface area contributed by atoms with Crippen LogP contribution in [0.4, 0.5) is 0 Å².